The molecule has 3 fully saturated rings. The number of aliphatic hydroxyl groups is 1. The van der Waals surface area contributed by atoms with E-state index in [4.69, 9.17) is 23.7 Å². The summed E-state index contributed by atoms with van der Waals surface area (Å²) in [7, 11) is 0. The molecule has 1 saturated carbocycles. The second-order valence-electron chi connectivity index (χ2n) is 9.72. The zero-order valence-electron chi connectivity index (χ0n) is 20.1. The van der Waals surface area contributed by atoms with Crippen molar-refractivity contribution in [3.05, 3.63) is 69.3 Å². The van der Waals surface area contributed by atoms with Crippen molar-refractivity contribution in [1.29, 1.82) is 5.26 Å². The van der Waals surface area contributed by atoms with Gasteiger partial charge in [0.05, 0.1) is 19.3 Å². The van der Waals surface area contributed by atoms with Crippen LogP contribution in [-0.2, 0) is 36.7 Å². The third-order valence-electron chi connectivity index (χ3n) is 7.14. The summed E-state index contributed by atoms with van der Waals surface area (Å²) < 4.78 is 32.1. The Balaban J connectivity index is 1.34. The lowest BCUT2D eigenvalue weighted by molar-refractivity contribution is -0.385. The molecule has 2 aromatic carbocycles. The van der Waals surface area contributed by atoms with E-state index in [1.54, 1.807) is 0 Å². The van der Waals surface area contributed by atoms with Crippen molar-refractivity contribution < 1.29 is 28.8 Å². The van der Waals surface area contributed by atoms with Crippen LogP contribution in [0.4, 0.5) is 0 Å². The lowest BCUT2D eigenvalue weighted by Crippen LogP contribution is -2.66. The van der Waals surface area contributed by atoms with Crippen LogP contribution in [0.1, 0.15) is 43.2 Å². The number of hydrogen-bond donors (Lipinski definition) is 1. The molecule has 192 valence electrons. The largest absolute Gasteiger partial charge is 0.387 e. The maximum atomic E-state index is 11.5. The third kappa shape index (κ3) is 5.94. The van der Waals surface area contributed by atoms with Gasteiger partial charge in [0, 0.05) is 9.99 Å². The van der Waals surface area contributed by atoms with Crippen LogP contribution >= 0.6 is 22.6 Å². The van der Waals surface area contributed by atoms with Gasteiger partial charge in [0.15, 0.2) is 6.29 Å². The van der Waals surface area contributed by atoms with Crippen molar-refractivity contribution in [3.63, 3.8) is 0 Å². The molecule has 1 N–H and O–H groups in total. The fourth-order valence-corrected chi connectivity index (χ4v) is 5.75. The van der Waals surface area contributed by atoms with Crippen molar-refractivity contribution in [2.24, 2.45) is 0 Å². The number of hydrogen-bond acceptors (Lipinski definition) is 7. The molecule has 0 bridgehead atoms. The van der Waals surface area contributed by atoms with Gasteiger partial charge in [0.1, 0.15) is 30.5 Å². The van der Waals surface area contributed by atoms with Gasteiger partial charge in [-0.3, -0.25) is 0 Å². The van der Waals surface area contributed by atoms with E-state index in [1.807, 2.05) is 54.6 Å². The smallest absolute Gasteiger partial charge is 0.264 e. The molecule has 0 spiro atoms. The Morgan fingerprint density at radius 3 is 2.56 bits per heavy atom. The molecule has 0 amide bonds. The molecule has 6 atom stereocenters. The van der Waals surface area contributed by atoms with Crippen LogP contribution in [0.25, 0.3) is 0 Å². The average Bonchev–Trinajstić information content (AvgIpc) is 2.91. The number of rotatable bonds is 7. The fraction of sp³-hybridized carbons (Fsp3) is 0.536. The number of ether oxygens (including phenoxy) is 5. The molecule has 1 aliphatic carbocycles. The highest BCUT2D eigenvalue weighted by Crippen LogP contribution is 2.37. The van der Waals surface area contributed by atoms with Crippen LogP contribution in [0, 0.1) is 14.9 Å². The quantitative estimate of drug-likeness (QED) is 0.466. The Kier molecular flexibility index (Phi) is 8.58. The summed E-state index contributed by atoms with van der Waals surface area (Å²) in [6.45, 7) is 0.421. The zero-order valence-corrected chi connectivity index (χ0v) is 22.3. The van der Waals surface area contributed by atoms with E-state index in [1.165, 1.54) is 6.42 Å². The average molecular weight is 605 g/mol. The monoisotopic (exact) mass is 605 g/mol. The van der Waals surface area contributed by atoms with Crippen LogP contribution in [0.2, 0.25) is 0 Å². The lowest BCUT2D eigenvalue weighted by atomic mass is 9.94. The first-order valence-electron chi connectivity index (χ1n) is 12.7. The van der Waals surface area contributed by atoms with Crippen molar-refractivity contribution in [3.8, 4) is 6.07 Å². The second kappa shape index (κ2) is 11.9. The fourth-order valence-electron chi connectivity index (χ4n) is 5.17. The van der Waals surface area contributed by atoms with Gasteiger partial charge >= 0.3 is 0 Å². The Morgan fingerprint density at radius 1 is 1.06 bits per heavy atom. The maximum absolute atomic E-state index is 11.5. The van der Waals surface area contributed by atoms with E-state index >= 15 is 0 Å². The van der Waals surface area contributed by atoms with Gasteiger partial charge in [-0.05, 0) is 52.6 Å². The normalized spacial score (nSPS) is 33.0. The molecule has 0 unspecified atom stereocenters. The number of aliphatic hydroxyl groups excluding tert-OH is 1. The molecule has 5 rings (SSSR count). The van der Waals surface area contributed by atoms with E-state index in [0.29, 0.717) is 6.61 Å². The van der Waals surface area contributed by atoms with Gasteiger partial charge in [0.2, 0.25) is 0 Å². The number of nitrogens with zero attached hydrogens (tertiary/aromatic N) is 1. The van der Waals surface area contributed by atoms with Crippen LogP contribution in [-0.4, -0.2) is 54.3 Å². The molecule has 36 heavy (non-hydrogen) atoms. The molecular formula is C28H32INO6. The van der Waals surface area contributed by atoms with Gasteiger partial charge in [-0.15, -0.1) is 0 Å². The summed E-state index contributed by atoms with van der Waals surface area (Å²) in [6.07, 6.45) is 1.80. The minimum atomic E-state index is -1.52. The number of halogens is 1. The SMILES string of the molecule is N#C[C@@]1(Cc2ccccc2I)OC[C@H]2O[C@@H](OC3CCCCC3)[C@@H](OCc3ccccc3)[C@@H](O)[C@@H]2O1. The minimum absolute atomic E-state index is 0.0686. The topological polar surface area (TPSA) is 90.2 Å². The van der Waals surface area contributed by atoms with E-state index < -0.39 is 36.5 Å². The first kappa shape index (κ1) is 26.0. The van der Waals surface area contributed by atoms with Crippen molar-refractivity contribution >= 4 is 22.6 Å². The van der Waals surface area contributed by atoms with Gasteiger partial charge in [-0.25, -0.2) is 0 Å². The van der Waals surface area contributed by atoms with Gasteiger partial charge in [0.25, 0.3) is 5.79 Å². The molecule has 2 aliphatic heterocycles. The highest BCUT2D eigenvalue weighted by molar-refractivity contribution is 14.1. The van der Waals surface area contributed by atoms with Crippen LogP contribution in [0.5, 0.6) is 0 Å². The van der Waals surface area contributed by atoms with Gasteiger partial charge in [-0.2, -0.15) is 5.26 Å². The van der Waals surface area contributed by atoms with Crippen molar-refractivity contribution in [1.82, 2.24) is 0 Å². The first-order chi connectivity index (χ1) is 17.6. The molecular weight excluding hydrogens is 573 g/mol. The molecule has 2 saturated heterocycles. The van der Waals surface area contributed by atoms with E-state index in [2.05, 4.69) is 28.7 Å². The molecule has 2 aromatic rings. The van der Waals surface area contributed by atoms with Gasteiger partial charge < -0.3 is 28.8 Å². The van der Waals surface area contributed by atoms with Crippen LogP contribution in [0.15, 0.2) is 54.6 Å². The molecule has 2 heterocycles. The standard InChI is InChI=1S/C28H32INO6/c29-22-14-8-7-11-20(22)15-28(18-30)33-17-23-25(36-28)24(31)26(32-16-19-9-3-1-4-10-19)27(35-23)34-21-12-5-2-6-13-21/h1,3-4,7-11,14,21,23-27,31H,2,5-6,12-13,15-17H2/t23-,24+,25-,26+,27-,28+/m1/s1. The first-order valence-corrected chi connectivity index (χ1v) is 13.8. The number of nitriles is 1. The molecule has 0 radical (unpaired) electrons. The minimum Gasteiger partial charge on any atom is -0.387 e. The highest BCUT2D eigenvalue weighted by Gasteiger charge is 2.54. The Labute approximate surface area is 225 Å². The Hall–Kier alpha value is -1.58. The molecule has 3 aliphatic rings. The molecule has 0 aromatic heterocycles. The van der Waals surface area contributed by atoms with E-state index in [-0.39, 0.29) is 19.1 Å². The summed E-state index contributed by atoms with van der Waals surface area (Å²) in [5.41, 5.74) is 1.93. The van der Waals surface area contributed by atoms with E-state index in [9.17, 15) is 10.4 Å². The predicted molar refractivity (Wildman–Crippen MR) is 140 cm³/mol. The number of benzene rings is 2. The predicted octanol–water partition coefficient (Wildman–Crippen LogP) is 4.49. The molecule has 8 heteroatoms. The Morgan fingerprint density at radius 2 is 1.81 bits per heavy atom. The van der Waals surface area contributed by atoms with Crippen LogP contribution < -0.4 is 0 Å². The van der Waals surface area contributed by atoms with Crippen LogP contribution in [0.3, 0.4) is 0 Å². The van der Waals surface area contributed by atoms with E-state index in [0.717, 1.165) is 40.4 Å². The molecule has 7 nitrogen and oxygen atoms in total. The van der Waals surface area contributed by atoms with Crippen molar-refractivity contribution in [2.75, 3.05) is 6.61 Å². The highest BCUT2D eigenvalue weighted by atomic mass is 127. The second-order valence-corrected chi connectivity index (χ2v) is 10.9. The Bertz CT molecular complexity index is 1040. The summed E-state index contributed by atoms with van der Waals surface area (Å²) in [4.78, 5) is 0. The summed E-state index contributed by atoms with van der Waals surface area (Å²) in [6, 6.07) is 19.8. The summed E-state index contributed by atoms with van der Waals surface area (Å²) in [5.74, 6) is -1.52. The lowest BCUT2D eigenvalue weighted by Gasteiger charge is -2.50. The summed E-state index contributed by atoms with van der Waals surface area (Å²) >= 11 is 2.24. The van der Waals surface area contributed by atoms with Crippen molar-refractivity contribution in [2.45, 2.75) is 87.7 Å². The zero-order chi connectivity index (χ0) is 25.0. The summed E-state index contributed by atoms with van der Waals surface area (Å²) in [5, 5.41) is 21.6. The van der Waals surface area contributed by atoms with Gasteiger partial charge in [-0.1, -0.05) is 67.8 Å². The number of fused-ring (bicyclic) bond motifs is 1. The maximum Gasteiger partial charge on any atom is 0.264 e. The third-order valence-corrected chi connectivity index (χ3v) is 8.19.